The van der Waals surface area contributed by atoms with Crippen LogP contribution in [0.1, 0.15) is 46.5 Å². The number of carboxylic acids is 1. The lowest BCUT2D eigenvalue weighted by Crippen LogP contribution is -2.48. The van der Waals surface area contributed by atoms with Crippen LogP contribution in [0.3, 0.4) is 0 Å². The second-order valence-electron chi connectivity index (χ2n) is 6.21. The summed E-state index contributed by atoms with van der Waals surface area (Å²) in [6.07, 6.45) is 2.41. The van der Waals surface area contributed by atoms with Crippen molar-refractivity contribution in [1.29, 1.82) is 0 Å². The molecule has 1 rings (SSSR count). The number of rotatable bonds is 6. The van der Waals surface area contributed by atoms with Gasteiger partial charge in [0.1, 0.15) is 0 Å². The van der Waals surface area contributed by atoms with E-state index in [0.29, 0.717) is 0 Å². The zero-order valence-electron chi connectivity index (χ0n) is 12.2. The Balaban J connectivity index is 2.40. The van der Waals surface area contributed by atoms with Crippen molar-refractivity contribution >= 4 is 11.9 Å². The maximum atomic E-state index is 12.0. The number of likely N-dealkylation sites (tertiary alicyclic amines) is 1. The molecule has 2 N–H and O–H groups in total. The van der Waals surface area contributed by atoms with E-state index >= 15 is 0 Å². The van der Waals surface area contributed by atoms with Crippen molar-refractivity contribution in [3.63, 3.8) is 0 Å². The number of hydrogen-bond donors (Lipinski definition) is 2. The Hall–Kier alpha value is -1.10. The van der Waals surface area contributed by atoms with E-state index in [1.165, 1.54) is 0 Å². The Labute approximate surface area is 115 Å². The molecule has 1 saturated heterocycles. The van der Waals surface area contributed by atoms with Crippen molar-refractivity contribution in [3.8, 4) is 0 Å². The molecule has 1 unspecified atom stereocenters. The quantitative estimate of drug-likeness (QED) is 0.767. The third-order valence-corrected chi connectivity index (χ3v) is 3.59. The molecule has 0 aliphatic carbocycles. The fourth-order valence-electron chi connectivity index (χ4n) is 2.65. The molecule has 1 atom stereocenters. The number of hydrogen-bond acceptors (Lipinski definition) is 3. The molecule has 0 aromatic heterocycles. The Morgan fingerprint density at radius 1 is 1.37 bits per heavy atom. The van der Waals surface area contributed by atoms with Gasteiger partial charge in [-0.05, 0) is 31.3 Å². The molecule has 1 aliphatic rings. The fraction of sp³-hybridized carbons (Fsp3) is 0.857. The first-order chi connectivity index (χ1) is 8.82. The standard InChI is InChI=1S/C14H26N2O3/c1-4-16-7-5-6-11(10-16)15-12(17)8-14(2,3)9-13(18)19/h11H,4-10H2,1-3H3,(H,15,17)(H,18,19). The first kappa shape index (κ1) is 16.0. The van der Waals surface area contributed by atoms with Gasteiger partial charge >= 0.3 is 5.97 Å². The van der Waals surface area contributed by atoms with Crippen LogP contribution >= 0.6 is 0 Å². The molecule has 1 heterocycles. The summed E-state index contributed by atoms with van der Waals surface area (Å²) in [5, 5.41) is 11.9. The molecular weight excluding hydrogens is 244 g/mol. The Morgan fingerprint density at radius 2 is 2.05 bits per heavy atom. The van der Waals surface area contributed by atoms with Crippen molar-refractivity contribution in [2.24, 2.45) is 5.41 Å². The predicted molar refractivity (Wildman–Crippen MR) is 73.9 cm³/mol. The minimum Gasteiger partial charge on any atom is -0.481 e. The van der Waals surface area contributed by atoms with E-state index in [0.717, 1.165) is 32.5 Å². The van der Waals surface area contributed by atoms with Crippen molar-refractivity contribution in [3.05, 3.63) is 0 Å². The minimum atomic E-state index is -0.854. The van der Waals surface area contributed by atoms with Crippen molar-refractivity contribution in [1.82, 2.24) is 10.2 Å². The van der Waals surface area contributed by atoms with E-state index in [2.05, 4.69) is 17.1 Å². The number of likely N-dealkylation sites (N-methyl/N-ethyl adjacent to an activating group) is 1. The molecule has 1 aliphatic heterocycles. The van der Waals surface area contributed by atoms with Crippen LogP contribution in [0, 0.1) is 5.41 Å². The minimum absolute atomic E-state index is 0.0200. The number of nitrogens with one attached hydrogen (secondary N) is 1. The number of aliphatic carboxylic acids is 1. The lowest BCUT2D eigenvalue weighted by Gasteiger charge is -2.33. The van der Waals surface area contributed by atoms with Crippen LogP contribution in [0.2, 0.25) is 0 Å². The van der Waals surface area contributed by atoms with Gasteiger partial charge in [-0.25, -0.2) is 0 Å². The van der Waals surface area contributed by atoms with Crippen LogP contribution in [-0.2, 0) is 9.59 Å². The van der Waals surface area contributed by atoms with Crippen molar-refractivity contribution in [2.75, 3.05) is 19.6 Å². The highest BCUT2D eigenvalue weighted by atomic mass is 16.4. The Bertz CT molecular complexity index is 329. The first-order valence-corrected chi connectivity index (χ1v) is 7.06. The summed E-state index contributed by atoms with van der Waals surface area (Å²) in [7, 11) is 0. The van der Waals surface area contributed by atoms with Gasteiger partial charge in [-0.1, -0.05) is 20.8 Å². The van der Waals surface area contributed by atoms with Crippen LogP contribution in [0.15, 0.2) is 0 Å². The molecule has 0 bridgehead atoms. The molecule has 0 aromatic rings. The fourth-order valence-corrected chi connectivity index (χ4v) is 2.65. The van der Waals surface area contributed by atoms with Crippen molar-refractivity contribution in [2.45, 2.75) is 52.5 Å². The van der Waals surface area contributed by atoms with Gasteiger partial charge in [0.15, 0.2) is 0 Å². The summed E-state index contributed by atoms with van der Waals surface area (Å²) in [5.41, 5.74) is -0.491. The maximum absolute atomic E-state index is 12.0. The molecule has 0 radical (unpaired) electrons. The third kappa shape index (κ3) is 6.05. The number of amides is 1. The Morgan fingerprint density at radius 3 is 2.63 bits per heavy atom. The monoisotopic (exact) mass is 270 g/mol. The van der Waals surface area contributed by atoms with Crippen LogP contribution in [0.25, 0.3) is 0 Å². The highest BCUT2D eigenvalue weighted by molar-refractivity contribution is 5.78. The van der Waals surface area contributed by atoms with E-state index in [1.54, 1.807) is 0 Å². The zero-order chi connectivity index (χ0) is 14.5. The molecule has 1 amide bonds. The summed E-state index contributed by atoms with van der Waals surface area (Å²) >= 11 is 0. The average Bonchev–Trinajstić information content (AvgIpc) is 2.26. The van der Waals surface area contributed by atoms with Crippen LogP contribution < -0.4 is 5.32 Å². The van der Waals surface area contributed by atoms with Gasteiger partial charge in [-0.15, -0.1) is 0 Å². The van der Waals surface area contributed by atoms with Gasteiger partial charge in [-0.3, -0.25) is 9.59 Å². The van der Waals surface area contributed by atoms with Crippen LogP contribution in [0.5, 0.6) is 0 Å². The normalized spacial score (nSPS) is 21.1. The second-order valence-corrected chi connectivity index (χ2v) is 6.21. The number of carbonyl (C=O) groups excluding carboxylic acids is 1. The highest BCUT2D eigenvalue weighted by Crippen LogP contribution is 2.25. The van der Waals surface area contributed by atoms with Crippen molar-refractivity contribution < 1.29 is 14.7 Å². The van der Waals surface area contributed by atoms with E-state index < -0.39 is 11.4 Å². The van der Waals surface area contributed by atoms with Gasteiger partial charge in [0.2, 0.25) is 5.91 Å². The summed E-state index contributed by atoms with van der Waals surface area (Å²) in [4.78, 5) is 25.0. The van der Waals surface area contributed by atoms with Gasteiger partial charge < -0.3 is 15.3 Å². The molecule has 19 heavy (non-hydrogen) atoms. The molecule has 0 spiro atoms. The predicted octanol–water partition coefficient (Wildman–Crippen LogP) is 1.48. The Kier molecular flexibility index (Phi) is 5.79. The van der Waals surface area contributed by atoms with Gasteiger partial charge in [0.25, 0.3) is 0 Å². The number of piperidine rings is 1. The van der Waals surface area contributed by atoms with Gasteiger partial charge in [0.05, 0.1) is 6.42 Å². The smallest absolute Gasteiger partial charge is 0.303 e. The molecule has 5 nitrogen and oxygen atoms in total. The van der Waals surface area contributed by atoms with E-state index in [-0.39, 0.29) is 24.8 Å². The third-order valence-electron chi connectivity index (χ3n) is 3.59. The maximum Gasteiger partial charge on any atom is 0.303 e. The second kappa shape index (κ2) is 6.89. The number of nitrogens with zero attached hydrogens (tertiary/aromatic N) is 1. The summed E-state index contributed by atoms with van der Waals surface area (Å²) in [6.45, 7) is 8.78. The summed E-state index contributed by atoms with van der Waals surface area (Å²) in [6, 6.07) is 0.210. The lowest BCUT2D eigenvalue weighted by molar-refractivity contribution is -0.139. The number of carboxylic acid groups (broad SMARTS) is 1. The molecule has 5 heteroatoms. The summed E-state index contributed by atoms with van der Waals surface area (Å²) < 4.78 is 0. The van der Waals surface area contributed by atoms with Gasteiger partial charge in [0, 0.05) is 19.0 Å². The molecule has 110 valence electrons. The van der Waals surface area contributed by atoms with Crippen LogP contribution in [0.4, 0.5) is 0 Å². The summed E-state index contributed by atoms with van der Waals surface area (Å²) in [5.74, 6) is -0.887. The highest BCUT2D eigenvalue weighted by Gasteiger charge is 2.27. The largest absolute Gasteiger partial charge is 0.481 e. The molecule has 0 saturated carbocycles. The molecule has 0 aromatic carbocycles. The SMILES string of the molecule is CCN1CCCC(NC(=O)CC(C)(C)CC(=O)O)C1. The van der Waals surface area contributed by atoms with E-state index in [9.17, 15) is 9.59 Å². The molecular formula is C14H26N2O3. The first-order valence-electron chi connectivity index (χ1n) is 7.06. The van der Waals surface area contributed by atoms with E-state index in [1.807, 2.05) is 13.8 Å². The average molecular weight is 270 g/mol. The zero-order valence-corrected chi connectivity index (χ0v) is 12.2. The van der Waals surface area contributed by atoms with Crippen LogP contribution in [-0.4, -0.2) is 47.6 Å². The number of carbonyl (C=O) groups is 2. The van der Waals surface area contributed by atoms with E-state index in [4.69, 9.17) is 5.11 Å². The molecule has 1 fully saturated rings. The topological polar surface area (TPSA) is 69.6 Å². The lowest BCUT2D eigenvalue weighted by atomic mass is 9.85. The van der Waals surface area contributed by atoms with Gasteiger partial charge in [-0.2, -0.15) is 0 Å².